The first kappa shape index (κ1) is 24.4. The molecule has 1 unspecified atom stereocenters. The molecule has 0 spiro atoms. The molecule has 0 amide bonds. The summed E-state index contributed by atoms with van der Waals surface area (Å²) >= 11 is 0. The lowest BCUT2D eigenvalue weighted by molar-refractivity contribution is -0.199. The summed E-state index contributed by atoms with van der Waals surface area (Å²) in [5, 5.41) is 0.996. The molecule has 4 fully saturated rings. The van der Waals surface area contributed by atoms with Crippen LogP contribution in [-0.2, 0) is 25.8 Å². The van der Waals surface area contributed by atoms with Gasteiger partial charge in [0, 0.05) is 5.39 Å². The summed E-state index contributed by atoms with van der Waals surface area (Å²) in [7, 11) is -4.14. The number of furan rings is 1. The van der Waals surface area contributed by atoms with E-state index in [1.807, 2.05) is 31.2 Å². The third-order valence-corrected chi connectivity index (χ3v) is 10.6. The normalized spacial score (nSPS) is 31.8. The Morgan fingerprint density at radius 2 is 1.97 bits per heavy atom. The predicted molar refractivity (Wildman–Crippen MR) is 135 cm³/mol. The van der Waals surface area contributed by atoms with Crippen molar-refractivity contribution in [3.63, 3.8) is 0 Å². The van der Waals surface area contributed by atoms with Crippen LogP contribution in [0, 0.1) is 23.2 Å². The van der Waals surface area contributed by atoms with Crippen LogP contribution in [0.15, 0.2) is 34.9 Å². The van der Waals surface area contributed by atoms with Crippen LogP contribution in [0.1, 0.15) is 65.9 Å². The van der Waals surface area contributed by atoms with Crippen molar-refractivity contribution < 1.29 is 22.1 Å². The van der Waals surface area contributed by atoms with Crippen molar-refractivity contribution in [3.8, 4) is 0 Å². The lowest BCUT2D eigenvalue weighted by Gasteiger charge is -2.64. The second kappa shape index (κ2) is 8.65. The van der Waals surface area contributed by atoms with Gasteiger partial charge in [-0.25, -0.2) is 13.1 Å². The lowest BCUT2D eigenvalue weighted by Crippen LogP contribution is -2.65. The minimum Gasteiger partial charge on any atom is -0.464 e. The van der Waals surface area contributed by atoms with Gasteiger partial charge in [0.05, 0.1) is 29.7 Å². The van der Waals surface area contributed by atoms with Gasteiger partial charge in [-0.2, -0.15) is 0 Å². The summed E-state index contributed by atoms with van der Waals surface area (Å²) in [5.74, 6) is 0.736. The van der Waals surface area contributed by atoms with Gasteiger partial charge in [-0.15, -0.1) is 0 Å². The van der Waals surface area contributed by atoms with Crippen LogP contribution >= 0.6 is 0 Å². The van der Waals surface area contributed by atoms with Gasteiger partial charge in [-0.3, -0.25) is 0 Å². The fraction of sp³-hybridized carbons (Fsp3) is 0.692. The molecule has 1 aliphatic heterocycles. The van der Waals surface area contributed by atoms with E-state index < -0.39 is 23.1 Å². The zero-order valence-electron chi connectivity index (χ0n) is 21.0. The van der Waals surface area contributed by atoms with Gasteiger partial charge in [0.2, 0.25) is 10.0 Å². The maximum atomic E-state index is 13.2. The number of para-hydroxylation sites is 1. The van der Waals surface area contributed by atoms with E-state index >= 15 is 0 Å². The molecular formula is C26H38BNO5S. The molecule has 186 valence electrons. The summed E-state index contributed by atoms with van der Waals surface area (Å²) < 4.78 is 48.3. The first-order valence-electron chi connectivity index (χ1n) is 12.8. The van der Waals surface area contributed by atoms with Crippen LogP contribution in [0.3, 0.4) is 0 Å². The standard InChI is InChI=1S/C26H38BNO5S/c1-6-9-17(2)16-34(29,30)28-24(12-18-15-31-21-11-8-7-10-20(18)21)27-32-23-14-19-13-22(25(19,3)4)26(23,5)33-27/h7-8,10-11,15,17,19,22-24,28H,6,9,12-14,16H2,1-5H3/t17?,19-,22-,23+,24-,26-/m0/s1. The van der Waals surface area contributed by atoms with Crippen LogP contribution in [0.2, 0.25) is 0 Å². The number of sulfonamides is 1. The van der Waals surface area contributed by atoms with Crippen molar-refractivity contribution in [2.75, 3.05) is 5.75 Å². The van der Waals surface area contributed by atoms with E-state index in [0.29, 0.717) is 18.3 Å². The molecule has 1 aromatic heterocycles. The Balaban J connectivity index is 1.41. The zero-order valence-corrected chi connectivity index (χ0v) is 21.9. The average Bonchev–Trinajstić information content (AvgIpc) is 3.33. The van der Waals surface area contributed by atoms with E-state index in [4.69, 9.17) is 13.7 Å². The number of fused-ring (bicyclic) bond motifs is 1. The molecule has 2 aromatic rings. The van der Waals surface area contributed by atoms with Gasteiger partial charge in [-0.1, -0.05) is 52.3 Å². The van der Waals surface area contributed by atoms with Crippen molar-refractivity contribution in [3.05, 3.63) is 36.1 Å². The van der Waals surface area contributed by atoms with E-state index in [9.17, 15) is 8.42 Å². The number of hydrogen-bond donors (Lipinski definition) is 1. The minimum absolute atomic E-state index is 0.00129. The van der Waals surface area contributed by atoms with Crippen molar-refractivity contribution in [2.45, 2.75) is 84.4 Å². The predicted octanol–water partition coefficient (Wildman–Crippen LogP) is 4.97. The monoisotopic (exact) mass is 487 g/mol. The molecule has 2 bridgehead atoms. The van der Waals surface area contributed by atoms with Crippen LogP contribution < -0.4 is 4.72 Å². The molecule has 1 saturated heterocycles. The summed E-state index contributed by atoms with van der Waals surface area (Å²) in [6.45, 7) is 10.9. The summed E-state index contributed by atoms with van der Waals surface area (Å²) in [4.78, 5) is 0. The first-order valence-corrected chi connectivity index (χ1v) is 14.5. The van der Waals surface area contributed by atoms with Crippen LogP contribution in [-0.4, -0.2) is 38.9 Å². The van der Waals surface area contributed by atoms with Crippen LogP contribution in [0.4, 0.5) is 0 Å². The van der Waals surface area contributed by atoms with Gasteiger partial charge in [-0.05, 0) is 67.4 Å². The highest BCUT2D eigenvalue weighted by Gasteiger charge is 2.68. The van der Waals surface area contributed by atoms with Gasteiger partial charge in [0.15, 0.2) is 0 Å². The van der Waals surface area contributed by atoms with Crippen molar-refractivity contribution in [1.29, 1.82) is 0 Å². The largest absolute Gasteiger partial charge is 0.477 e. The van der Waals surface area contributed by atoms with Crippen molar-refractivity contribution in [1.82, 2.24) is 4.72 Å². The highest BCUT2D eigenvalue weighted by Crippen LogP contribution is 2.65. The fourth-order valence-electron chi connectivity index (χ4n) is 6.92. The average molecular weight is 487 g/mol. The highest BCUT2D eigenvalue weighted by molar-refractivity contribution is 7.89. The number of rotatable bonds is 9. The SMILES string of the molecule is CCCC(C)CS(=O)(=O)N[C@@H](Cc1coc2ccccc12)B1O[C@@H]2C[C@@H]3C[C@@H](C3(C)C)[C@]2(C)O1. The third kappa shape index (κ3) is 4.14. The molecule has 8 heteroatoms. The Labute approximate surface area is 204 Å². The number of nitrogens with one attached hydrogen (secondary N) is 1. The Morgan fingerprint density at radius 3 is 2.71 bits per heavy atom. The third-order valence-electron chi connectivity index (χ3n) is 8.91. The Morgan fingerprint density at radius 1 is 1.21 bits per heavy atom. The summed E-state index contributed by atoms with van der Waals surface area (Å²) in [5.41, 5.74) is 1.60. The molecule has 2 heterocycles. The molecule has 6 atom stereocenters. The molecule has 1 N–H and O–H groups in total. The smallest absolute Gasteiger partial charge is 0.464 e. The van der Waals surface area contributed by atoms with E-state index in [2.05, 4.69) is 32.4 Å². The Hall–Kier alpha value is -1.35. The van der Waals surface area contributed by atoms with E-state index in [1.165, 1.54) is 0 Å². The molecule has 6 nitrogen and oxygen atoms in total. The molecular weight excluding hydrogens is 449 g/mol. The second-order valence-electron chi connectivity index (χ2n) is 11.7. The molecule has 1 aromatic carbocycles. The van der Waals surface area contributed by atoms with Crippen LogP contribution in [0.5, 0.6) is 0 Å². The minimum atomic E-state index is -3.52. The first-order chi connectivity index (χ1) is 16.0. The van der Waals surface area contributed by atoms with Crippen LogP contribution in [0.25, 0.3) is 11.0 Å². The zero-order chi connectivity index (χ0) is 24.3. The Bertz CT molecular complexity index is 1150. The maximum Gasteiger partial charge on any atom is 0.477 e. The number of hydrogen-bond acceptors (Lipinski definition) is 5. The molecule has 34 heavy (non-hydrogen) atoms. The molecule has 3 aliphatic carbocycles. The quantitative estimate of drug-likeness (QED) is 0.506. The van der Waals surface area contributed by atoms with Crippen molar-refractivity contribution >= 4 is 28.1 Å². The van der Waals surface area contributed by atoms with E-state index in [-0.39, 0.29) is 28.8 Å². The second-order valence-corrected chi connectivity index (χ2v) is 13.5. The maximum absolute atomic E-state index is 13.2. The molecule has 6 rings (SSSR count). The van der Waals surface area contributed by atoms with E-state index in [1.54, 1.807) is 6.26 Å². The topological polar surface area (TPSA) is 77.8 Å². The fourth-order valence-corrected chi connectivity index (χ4v) is 8.59. The van der Waals surface area contributed by atoms with Gasteiger partial charge >= 0.3 is 7.12 Å². The molecule has 3 saturated carbocycles. The van der Waals surface area contributed by atoms with Crippen molar-refractivity contribution in [2.24, 2.45) is 23.2 Å². The summed E-state index contributed by atoms with van der Waals surface area (Å²) in [6, 6.07) is 7.85. The van der Waals surface area contributed by atoms with Gasteiger partial charge in [0.25, 0.3) is 0 Å². The summed E-state index contributed by atoms with van der Waals surface area (Å²) in [6.07, 6.45) is 6.16. The molecule has 0 radical (unpaired) electrons. The van der Waals surface area contributed by atoms with Gasteiger partial charge < -0.3 is 13.7 Å². The molecule has 4 aliphatic rings. The van der Waals surface area contributed by atoms with E-state index in [0.717, 1.165) is 42.2 Å². The van der Waals surface area contributed by atoms with Gasteiger partial charge in [0.1, 0.15) is 5.58 Å². The lowest BCUT2D eigenvalue weighted by atomic mass is 9.43. The Kier molecular flexibility index (Phi) is 6.19. The highest BCUT2D eigenvalue weighted by atomic mass is 32.2. The number of benzene rings is 1.